The number of pyridine rings is 1. The fourth-order valence-electron chi connectivity index (χ4n) is 3.26. The Hall–Kier alpha value is -3.00. The van der Waals surface area contributed by atoms with Crippen molar-refractivity contribution in [1.82, 2.24) is 19.6 Å². The van der Waals surface area contributed by atoms with Crippen LogP contribution in [0.25, 0.3) is 16.2 Å². The fourth-order valence-corrected chi connectivity index (χ4v) is 4.09. The summed E-state index contributed by atoms with van der Waals surface area (Å²) >= 11 is 1.49. The molecule has 27 heavy (non-hydrogen) atoms. The molecule has 1 aliphatic rings. The van der Waals surface area contributed by atoms with Crippen LogP contribution in [0.1, 0.15) is 24.4 Å². The second-order valence-electron chi connectivity index (χ2n) is 6.37. The van der Waals surface area contributed by atoms with Gasteiger partial charge in [0, 0.05) is 29.6 Å². The van der Waals surface area contributed by atoms with Gasteiger partial charge in [0.2, 0.25) is 10.1 Å². The highest BCUT2D eigenvalue weighted by Crippen LogP contribution is 2.35. The van der Waals surface area contributed by atoms with Gasteiger partial charge in [-0.15, -0.1) is 5.10 Å². The third kappa shape index (κ3) is 3.12. The van der Waals surface area contributed by atoms with Gasteiger partial charge < -0.3 is 10.1 Å². The summed E-state index contributed by atoms with van der Waals surface area (Å²) in [5.74, 6) is 0.315. The van der Waals surface area contributed by atoms with Crippen LogP contribution in [0.4, 0.5) is 9.52 Å². The molecule has 3 aromatic heterocycles. The highest BCUT2D eigenvalue weighted by atomic mass is 32.1. The van der Waals surface area contributed by atoms with Crippen molar-refractivity contribution in [2.75, 3.05) is 11.9 Å². The summed E-state index contributed by atoms with van der Waals surface area (Å²) in [6, 6.07) is 8.59. The maximum atomic E-state index is 13.5. The summed E-state index contributed by atoms with van der Waals surface area (Å²) in [4.78, 5) is 9.57. The van der Waals surface area contributed by atoms with Crippen molar-refractivity contribution in [3.8, 4) is 17.0 Å². The van der Waals surface area contributed by atoms with Crippen molar-refractivity contribution < 1.29 is 9.13 Å². The molecular weight excluding hydrogens is 365 g/mol. The predicted molar refractivity (Wildman–Crippen MR) is 102 cm³/mol. The molecule has 4 aromatic rings. The van der Waals surface area contributed by atoms with Crippen LogP contribution in [0.15, 0.2) is 48.9 Å². The van der Waals surface area contributed by atoms with Crippen molar-refractivity contribution in [2.24, 2.45) is 0 Å². The number of ether oxygens (including phenoxy) is 1. The van der Waals surface area contributed by atoms with Crippen LogP contribution in [0.3, 0.4) is 0 Å². The van der Waals surface area contributed by atoms with E-state index in [4.69, 9.17) is 4.74 Å². The fraction of sp³-hybridized carbons (Fsp3) is 0.211. The third-order valence-electron chi connectivity index (χ3n) is 4.54. The van der Waals surface area contributed by atoms with E-state index in [0.717, 1.165) is 39.8 Å². The number of imidazole rings is 1. The number of nitrogens with one attached hydrogen (secondary N) is 1. The van der Waals surface area contributed by atoms with Crippen LogP contribution in [-0.4, -0.2) is 26.2 Å². The number of rotatable bonds is 3. The normalized spacial score (nSPS) is 16.6. The lowest BCUT2D eigenvalue weighted by Gasteiger charge is -2.17. The Balaban J connectivity index is 1.43. The minimum Gasteiger partial charge on any atom is -0.493 e. The van der Waals surface area contributed by atoms with Gasteiger partial charge in [0.15, 0.2) is 0 Å². The number of aromatic nitrogens is 4. The number of anilines is 1. The topological polar surface area (TPSA) is 64.3 Å². The molecule has 4 heterocycles. The van der Waals surface area contributed by atoms with Crippen LogP contribution < -0.4 is 10.1 Å². The zero-order valence-corrected chi connectivity index (χ0v) is 15.1. The number of benzene rings is 1. The van der Waals surface area contributed by atoms with E-state index in [0.29, 0.717) is 12.4 Å². The molecule has 5 rings (SSSR count). The van der Waals surface area contributed by atoms with Crippen molar-refractivity contribution >= 4 is 21.4 Å². The second kappa shape index (κ2) is 6.62. The molecule has 1 unspecified atom stereocenters. The highest BCUT2D eigenvalue weighted by molar-refractivity contribution is 7.20. The smallest absolute Gasteiger partial charge is 0.214 e. The van der Waals surface area contributed by atoms with E-state index in [1.54, 1.807) is 23.0 Å². The molecule has 1 aromatic carbocycles. The van der Waals surface area contributed by atoms with Crippen molar-refractivity contribution in [3.63, 3.8) is 0 Å². The van der Waals surface area contributed by atoms with E-state index < -0.39 is 0 Å². The molecule has 0 saturated carbocycles. The van der Waals surface area contributed by atoms with Gasteiger partial charge in [0.25, 0.3) is 0 Å². The Morgan fingerprint density at radius 3 is 3.11 bits per heavy atom. The van der Waals surface area contributed by atoms with E-state index >= 15 is 0 Å². The maximum absolute atomic E-state index is 13.5. The molecule has 1 atom stereocenters. The molecule has 0 radical (unpaired) electrons. The maximum Gasteiger partial charge on any atom is 0.214 e. The first kappa shape index (κ1) is 16.2. The van der Waals surface area contributed by atoms with Crippen molar-refractivity contribution in [3.05, 3.63) is 60.3 Å². The molecule has 136 valence electrons. The predicted octanol–water partition coefficient (Wildman–Crippen LogP) is 4.32. The average molecular weight is 381 g/mol. The summed E-state index contributed by atoms with van der Waals surface area (Å²) in [6.45, 7) is 0.588. The van der Waals surface area contributed by atoms with Gasteiger partial charge in [-0.1, -0.05) is 17.4 Å². The minimum atomic E-state index is -0.287. The standard InChI is InChI=1S/C19H16FN5OS/c20-13-5-6-14-15(4-2-8-26-17(14)9-13)22-18-24-25-11-16(23-19(25)27-18)12-3-1-7-21-10-12/h1,3,5-7,9-11,15H,2,4,8H2,(H,22,24). The molecule has 0 saturated heterocycles. The van der Waals surface area contributed by atoms with E-state index in [9.17, 15) is 4.39 Å². The SMILES string of the molecule is Fc1ccc2c(c1)OCCCC2Nc1nn2cc(-c3cccnc3)nc2s1. The molecule has 0 fully saturated rings. The number of nitrogens with zero attached hydrogens (tertiary/aromatic N) is 4. The Labute approximate surface area is 158 Å². The molecule has 8 heteroatoms. The number of halogens is 1. The Morgan fingerprint density at radius 2 is 2.26 bits per heavy atom. The van der Waals surface area contributed by atoms with Gasteiger partial charge in [-0.25, -0.2) is 13.9 Å². The average Bonchev–Trinajstić information content (AvgIpc) is 3.17. The third-order valence-corrected chi connectivity index (χ3v) is 5.40. The minimum absolute atomic E-state index is 0.0248. The van der Waals surface area contributed by atoms with Crippen LogP contribution in [0, 0.1) is 5.82 Å². The number of hydrogen-bond acceptors (Lipinski definition) is 6. The second-order valence-corrected chi connectivity index (χ2v) is 7.33. The van der Waals surface area contributed by atoms with Gasteiger partial charge in [0.1, 0.15) is 11.6 Å². The van der Waals surface area contributed by atoms with Crippen LogP contribution in [-0.2, 0) is 0 Å². The summed E-state index contributed by atoms with van der Waals surface area (Å²) in [6.07, 6.45) is 7.20. The van der Waals surface area contributed by atoms with Gasteiger partial charge in [0.05, 0.1) is 24.5 Å². The first-order valence-corrected chi connectivity index (χ1v) is 9.53. The molecule has 0 amide bonds. The zero-order chi connectivity index (χ0) is 18.2. The van der Waals surface area contributed by atoms with Gasteiger partial charge in [-0.3, -0.25) is 4.98 Å². The van der Waals surface area contributed by atoms with E-state index in [-0.39, 0.29) is 11.9 Å². The lowest BCUT2D eigenvalue weighted by atomic mass is 10.0. The van der Waals surface area contributed by atoms with Crippen molar-refractivity contribution in [1.29, 1.82) is 0 Å². The highest BCUT2D eigenvalue weighted by Gasteiger charge is 2.22. The quantitative estimate of drug-likeness (QED) is 0.573. The van der Waals surface area contributed by atoms with E-state index in [1.807, 2.05) is 18.3 Å². The van der Waals surface area contributed by atoms with Crippen molar-refractivity contribution in [2.45, 2.75) is 18.9 Å². The van der Waals surface area contributed by atoms with E-state index in [2.05, 4.69) is 20.4 Å². The summed E-state index contributed by atoms with van der Waals surface area (Å²) in [5.41, 5.74) is 2.76. The summed E-state index contributed by atoms with van der Waals surface area (Å²) in [5, 5.41) is 8.84. The number of fused-ring (bicyclic) bond motifs is 2. The largest absolute Gasteiger partial charge is 0.493 e. The Kier molecular flexibility index (Phi) is 3.97. The molecule has 0 bridgehead atoms. The summed E-state index contributed by atoms with van der Waals surface area (Å²) < 4.78 is 21.0. The lowest BCUT2D eigenvalue weighted by molar-refractivity contribution is 0.315. The monoisotopic (exact) mass is 381 g/mol. The van der Waals surface area contributed by atoms with Gasteiger partial charge in [-0.2, -0.15) is 0 Å². The summed E-state index contributed by atoms with van der Waals surface area (Å²) in [7, 11) is 0. The molecule has 0 aliphatic carbocycles. The molecular formula is C19H16FN5OS. The van der Waals surface area contributed by atoms with Crippen LogP contribution in [0.5, 0.6) is 5.75 Å². The molecule has 6 nitrogen and oxygen atoms in total. The lowest BCUT2D eigenvalue weighted by Crippen LogP contribution is -2.10. The number of hydrogen-bond donors (Lipinski definition) is 1. The molecule has 0 spiro atoms. The zero-order valence-electron chi connectivity index (χ0n) is 14.3. The van der Waals surface area contributed by atoms with Crippen LogP contribution >= 0.6 is 11.3 Å². The van der Waals surface area contributed by atoms with Gasteiger partial charge in [-0.05, 0) is 31.0 Å². The first-order valence-electron chi connectivity index (χ1n) is 8.72. The van der Waals surface area contributed by atoms with Crippen LogP contribution in [0.2, 0.25) is 0 Å². The Morgan fingerprint density at radius 1 is 1.30 bits per heavy atom. The van der Waals surface area contributed by atoms with Gasteiger partial charge >= 0.3 is 0 Å². The molecule has 1 N–H and O–H groups in total. The first-order chi connectivity index (χ1) is 13.3. The van der Waals surface area contributed by atoms with E-state index in [1.165, 1.54) is 23.5 Å². The Bertz CT molecular complexity index is 1060. The molecule has 1 aliphatic heterocycles.